The fraction of sp³-hybridized carbons (Fsp3) is 0.667. The molecule has 0 saturated heterocycles. The number of nitrogens with zero attached hydrogens (tertiary/aromatic N) is 2. The zero-order valence-corrected chi connectivity index (χ0v) is 7.67. The van der Waals surface area contributed by atoms with Crippen LogP contribution in [0.2, 0.25) is 0 Å². The SMILES string of the molecule is CCOCC(NN)c1cnsn1. The average molecular weight is 188 g/mol. The Morgan fingerprint density at radius 1 is 1.83 bits per heavy atom. The van der Waals surface area contributed by atoms with Crippen molar-refractivity contribution in [2.45, 2.75) is 13.0 Å². The highest BCUT2D eigenvalue weighted by Crippen LogP contribution is 2.08. The van der Waals surface area contributed by atoms with Crippen LogP contribution in [0.1, 0.15) is 18.7 Å². The van der Waals surface area contributed by atoms with Gasteiger partial charge in [-0.25, -0.2) is 5.43 Å². The molecule has 5 nitrogen and oxygen atoms in total. The lowest BCUT2D eigenvalue weighted by Crippen LogP contribution is -2.31. The van der Waals surface area contributed by atoms with E-state index in [0.717, 1.165) is 5.69 Å². The van der Waals surface area contributed by atoms with Gasteiger partial charge in [0.2, 0.25) is 0 Å². The highest BCUT2D eigenvalue weighted by molar-refractivity contribution is 6.99. The number of ether oxygens (including phenoxy) is 1. The maximum Gasteiger partial charge on any atom is 0.0949 e. The predicted molar refractivity (Wildman–Crippen MR) is 46.5 cm³/mol. The topological polar surface area (TPSA) is 73.1 Å². The second-order valence-electron chi connectivity index (χ2n) is 2.21. The predicted octanol–water partition coefficient (Wildman–Crippen LogP) is 0.0790. The summed E-state index contributed by atoms with van der Waals surface area (Å²) < 4.78 is 13.1. The highest BCUT2D eigenvalue weighted by Gasteiger charge is 2.11. The molecule has 12 heavy (non-hydrogen) atoms. The van der Waals surface area contributed by atoms with Gasteiger partial charge < -0.3 is 4.74 Å². The van der Waals surface area contributed by atoms with Gasteiger partial charge >= 0.3 is 0 Å². The van der Waals surface area contributed by atoms with E-state index in [4.69, 9.17) is 10.6 Å². The van der Waals surface area contributed by atoms with Crippen molar-refractivity contribution in [3.8, 4) is 0 Å². The van der Waals surface area contributed by atoms with Gasteiger partial charge in [-0.2, -0.15) is 8.75 Å². The summed E-state index contributed by atoms with van der Waals surface area (Å²) in [6.07, 6.45) is 1.69. The monoisotopic (exact) mass is 188 g/mol. The molecule has 1 unspecified atom stereocenters. The Balaban J connectivity index is 2.45. The van der Waals surface area contributed by atoms with Gasteiger partial charge in [0.15, 0.2) is 0 Å². The second kappa shape index (κ2) is 5.15. The largest absolute Gasteiger partial charge is 0.380 e. The number of rotatable bonds is 5. The first-order chi connectivity index (χ1) is 5.88. The normalized spacial score (nSPS) is 13.2. The molecule has 0 saturated carbocycles. The summed E-state index contributed by atoms with van der Waals surface area (Å²) >= 11 is 1.17. The van der Waals surface area contributed by atoms with E-state index in [1.165, 1.54) is 11.7 Å². The van der Waals surface area contributed by atoms with Gasteiger partial charge in [0.05, 0.1) is 36.3 Å². The quantitative estimate of drug-likeness (QED) is 0.505. The minimum atomic E-state index is -0.0521. The summed E-state index contributed by atoms with van der Waals surface area (Å²) in [5.74, 6) is 5.31. The first-order valence-corrected chi connectivity index (χ1v) is 4.42. The van der Waals surface area contributed by atoms with Crippen LogP contribution >= 0.6 is 11.7 Å². The van der Waals surface area contributed by atoms with Gasteiger partial charge in [0.1, 0.15) is 0 Å². The molecule has 3 N–H and O–H groups in total. The summed E-state index contributed by atoms with van der Waals surface area (Å²) in [7, 11) is 0. The first-order valence-electron chi connectivity index (χ1n) is 3.69. The molecule has 0 aliphatic heterocycles. The van der Waals surface area contributed by atoms with Crippen LogP contribution in [0.3, 0.4) is 0 Å². The number of nitrogens with one attached hydrogen (secondary N) is 1. The van der Waals surface area contributed by atoms with Crippen molar-refractivity contribution in [3.63, 3.8) is 0 Å². The van der Waals surface area contributed by atoms with Gasteiger partial charge in [0, 0.05) is 6.61 Å². The van der Waals surface area contributed by atoms with Gasteiger partial charge in [-0.05, 0) is 6.92 Å². The fourth-order valence-electron chi connectivity index (χ4n) is 0.780. The Hall–Kier alpha value is -0.560. The summed E-state index contributed by atoms with van der Waals surface area (Å²) in [4.78, 5) is 0. The third-order valence-corrected chi connectivity index (χ3v) is 1.92. The van der Waals surface area contributed by atoms with Crippen LogP contribution in [0.5, 0.6) is 0 Å². The third kappa shape index (κ3) is 2.49. The van der Waals surface area contributed by atoms with Crippen LogP contribution in [0.25, 0.3) is 0 Å². The molecule has 1 rings (SSSR count). The van der Waals surface area contributed by atoms with E-state index >= 15 is 0 Å². The van der Waals surface area contributed by atoms with Crippen molar-refractivity contribution in [3.05, 3.63) is 11.9 Å². The van der Waals surface area contributed by atoms with Crippen LogP contribution in [-0.2, 0) is 4.74 Å². The molecular formula is C6H12N4OS. The molecule has 6 heteroatoms. The molecule has 0 aliphatic rings. The molecule has 1 heterocycles. The molecule has 68 valence electrons. The Morgan fingerprint density at radius 3 is 3.17 bits per heavy atom. The molecule has 1 atom stereocenters. The molecule has 1 aromatic rings. The molecule has 0 spiro atoms. The van der Waals surface area contributed by atoms with Crippen LogP contribution in [0, 0.1) is 0 Å². The van der Waals surface area contributed by atoms with E-state index in [0.29, 0.717) is 13.2 Å². The zero-order valence-electron chi connectivity index (χ0n) is 6.86. The number of nitrogens with two attached hydrogens (primary N) is 1. The lowest BCUT2D eigenvalue weighted by molar-refractivity contribution is 0.122. The minimum Gasteiger partial charge on any atom is -0.380 e. The molecule has 0 amide bonds. The number of hydrazine groups is 1. The number of hydrogen-bond donors (Lipinski definition) is 2. The standard InChI is InChI=1S/C6H12N4OS/c1-2-11-4-6(9-7)5-3-8-12-10-5/h3,6,9H,2,4,7H2,1H3. The summed E-state index contributed by atoms with van der Waals surface area (Å²) in [5, 5.41) is 0. The zero-order chi connectivity index (χ0) is 8.81. The van der Waals surface area contributed by atoms with E-state index < -0.39 is 0 Å². The smallest absolute Gasteiger partial charge is 0.0949 e. The second-order valence-corrected chi connectivity index (χ2v) is 2.77. The molecule has 0 aliphatic carbocycles. The Kier molecular flexibility index (Phi) is 4.09. The van der Waals surface area contributed by atoms with Crippen LogP contribution in [0.15, 0.2) is 6.20 Å². The summed E-state index contributed by atoms with van der Waals surface area (Å²) in [6, 6.07) is -0.0521. The average Bonchev–Trinajstić information content (AvgIpc) is 2.59. The van der Waals surface area contributed by atoms with Crippen molar-refractivity contribution >= 4 is 11.7 Å². The van der Waals surface area contributed by atoms with Crippen molar-refractivity contribution in [1.82, 2.24) is 14.2 Å². The molecule has 0 aromatic carbocycles. The maximum absolute atomic E-state index is 5.31. The van der Waals surface area contributed by atoms with Crippen molar-refractivity contribution in [2.75, 3.05) is 13.2 Å². The molecule has 0 radical (unpaired) electrons. The van der Waals surface area contributed by atoms with Crippen molar-refractivity contribution in [1.29, 1.82) is 0 Å². The van der Waals surface area contributed by atoms with Crippen molar-refractivity contribution in [2.24, 2.45) is 5.84 Å². The van der Waals surface area contributed by atoms with Crippen LogP contribution in [0.4, 0.5) is 0 Å². The van der Waals surface area contributed by atoms with Gasteiger partial charge in [0.25, 0.3) is 0 Å². The molecule has 0 fully saturated rings. The van der Waals surface area contributed by atoms with E-state index in [2.05, 4.69) is 14.2 Å². The first kappa shape index (κ1) is 9.53. The highest BCUT2D eigenvalue weighted by atomic mass is 32.1. The van der Waals surface area contributed by atoms with Gasteiger partial charge in [-0.1, -0.05) is 0 Å². The summed E-state index contributed by atoms with van der Waals surface area (Å²) in [6.45, 7) is 3.14. The van der Waals surface area contributed by atoms with Crippen molar-refractivity contribution < 1.29 is 4.74 Å². The molecule has 0 bridgehead atoms. The van der Waals surface area contributed by atoms with Crippen LogP contribution in [-0.4, -0.2) is 22.0 Å². The molecule has 1 aromatic heterocycles. The number of hydrogen-bond acceptors (Lipinski definition) is 6. The Labute approximate surface area is 75.2 Å². The van der Waals surface area contributed by atoms with E-state index in [-0.39, 0.29) is 6.04 Å². The van der Waals surface area contributed by atoms with E-state index in [1.54, 1.807) is 6.20 Å². The lowest BCUT2D eigenvalue weighted by Gasteiger charge is -2.11. The van der Waals surface area contributed by atoms with E-state index in [1.807, 2.05) is 6.92 Å². The lowest BCUT2D eigenvalue weighted by atomic mass is 10.2. The maximum atomic E-state index is 5.31. The van der Waals surface area contributed by atoms with E-state index in [9.17, 15) is 0 Å². The Bertz CT molecular complexity index is 203. The minimum absolute atomic E-state index is 0.0521. The number of aromatic nitrogens is 2. The Morgan fingerprint density at radius 2 is 2.67 bits per heavy atom. The summed E-state index contributed by atoms with van der Waals surface area (Å²) in [5.41, 5.74) is 3.45. The third-order valence-electron chi connectivity index (χ3n) is 1.43. The molecular weight excluding hydrogens is 176 g/mol. The fourth-order valence-corrected chi connectivity index (χ4v) is 1.25. The van der Waals surface area contributed by atoms with Crippen LogP contribution < -0.4 is 11.3 Å². The van der Waals surface area contributed by atoms with Gasteiger partial charge in [-0.3, -0.25) is 5.84 Å². The van der Waals surface area contributed by atoms with Gasteiger partial charge in [-0.15, -0.1) is 0 Å².